The van der Waals surface area contributed by atoms with E-state index in [0.717, 1.165) is 64.2 Å². The van der Waals surface area contributed by atoms with Crippen molar-refractivity contribution < 1.29 is 19.1 Å². The van der Waals surface area contributed by atoms with E-state index in [2.05, 4.69) is 26.0 Å². The molecule has 0 atom stereocenters. The topological polar surface area (TPSA) is 52.6 Å². The Kier molecular flexibility index (Phi) is 20.9. The summed E-state index contributed by atoms with van der Waals surface area (Å²) in [6, 6.07) is 0. The maximum Gasteiger partial charge on any atom is 0.305 e. The smallest absolute Gasteiger partial charge is 0.305 e. The van der Waals surface area contributed by atoms with Crippen molar-refractivity contribution in [3.63, 3.8) is 0 Å². The summed E-state index contributed by atoms with van der Waals surface area (Å²) in [5, 5.41) is 0. The molecule has 0 radical (unpaired) electrons. The molecule has 0 heterocycles. The molecular formula is C24H44O4. The van der Waals surface area contributed by atoms with E-state index in [0.29, 0.717) is 26.1 Å². The van der Waals surface area contributed by atoms with Crippen LogP contribution in [0.25, 0.3) is 0 Å². The summed E-state index contributed by atoms with van der Waals surface area (Å²) in [4.78, 5) is 22.9. The van der Waals surface area contributed by atoms with Crippen LogP contribution in [0.4, 0.5) is 0 Å². The van der Waals surface area contributed by atoms with Gasteiger partial charge in [0.25, 0.3) is 0 Å². The highest BCUT2D eigenvalue weighted by Gasteiger charge is 2.02. The Morgan fingerprint density at radius 2 is 0.964 bits per heavy atom. The summed E-state index contributed by atoms with van der Waals surface area (Å²) >= 11 is 0. The maximum absolute atomic E-state index is 11.4. The van der Waals surface area contributed by atoms with Gasteiger partial charge in [0.05, 0.1) is 13.2 Å². The Morgan fingerprint density at radius 3 is 1.36 bits per heavy atom. The lowest BCUT2D eigenvalue weighted by Gasteiger charge is -2.03. The van der Waals surface area contributed by atoms with Crippen molar-refractivity contribution in [1.29, 1.82) is 0 Å². The van der Waals surface area contributed by atoms with Crippen molar-refractivity contribution in [3.05, 3.63) is 12.2 Å². The van der Waals surface area contributed by atoms with Gasteiger partial charge in [-0.25, -0.2) is 0 Å². The highest BCUT2D eigenvalue weighted by molar-refractivity contribution is 5.69. The van der Waals surface area contributed by atoms with Gasteiger partial charge in [0.1, 0.15) is 0 Å². The molecule has 0 amide bonds. The van der Waals surface area contributed by atoms with E-state index in [1.807, 2.05) is 0 Å². The molecule has 4 heteroatoms. The molecular weight excluding hydrogens is 352 g/mol. The van der Waals surface area contributed by atoms with E-state index in [9.17, 15) is 9.59 Å². The molecule has 28 heavy (non-hydrogen) atoms. The average Bonchev–Trinajstić information content (AvgIpc) is 2.68. The van der Waals surface area contributed by atoms with Gasteiger partial charge in [0, 0.05) is 12.8 Å². The number of unbranched alkanes of at least 4 members (excludes halogenated alkanes) is 10. The second-order valence-corrected chi connectivity index (χ2v) is 7.53. The van der Waals surface area contributed by atoms with Gasteiger partial charge >= 0.3 is 11.9 Å². The SMILES string of the molecule is CCCCOC(=O)CCCCCCC=CCCCCCCC(=O)OCCCC. The lowest BCUT2D eigenvalue weighted by Crippen LogP contribution is -2.05. The summed E-state index contributed by atoms with van der Waals surface area (Å²) in [6.45, 7) is 5.34. The van der Waals surface area contributed by atoms with Gasteiger partial charge in [-0.3, -0.25) is 9.59 Å². The molecule has 164 valence electrons. The van der Waals surface area contributed by atoms with Gasteiger partial charge in [0.2, 0.25) is 0 Å². The number of rotatable bonds is 20. The Labute approximate surface area is 173 Å². The summed E-state index contributed by atoms with van der Waals surface area (Å²) < 4.78 is 10.3. The van der Waals surface area contributed by atoms with E-state index >= 15 is 0 Å². The quantitative estimate of drug-likeness (QED) is 0.127. The zero-order valence-corrected chi connectivity index (χ0v) is 18.5. The van der Waals surface area contributed by atoms with Crippen LogP contribution in [0.15, 0.2) is 12.2 Å². The molecule has 0 N–H and O–H groups in total. The van der Waals surface area contributed by atoms with Crippen LogP contribution in [0.5, 0.6) is 0 Å². The Morgan fingerprint density at radius 1 is 0.571 bits per heavy atom. The second-order valence-electron chi connectivity index (χ2n) is 7.53. The monoisotopic (exact) mass is 396 g/mol. The van der Waals surface area contributed by atoms with Gasteiger partial charge in [-0.2, -0.15) is 0 Å². The van der Waals surface area contributed by atoms with E-state index < -0.39 is 0 Å². The van der Waals surface area contributed by atoms with Gasteiger partial charge in [-0.15, -0.1) is 0 Å². The second kappa shape index (κ2) is 22.0. The zero-order chi connectivity index (χ0) is 20.7. The third-order valence-electron chi connectivity index (χ3n) is 4.69. The summed E-state index contributed by atoms with van der Waals surface area (Å²) in [5.74, 6) is -0.0801. The molecule has 0 spiro atoms. The minimum absolute atomic E-state index is 0.0401. The predicted octanol–water partition coefficient (Wildman–Crippen LogP) is 6.91. The number of ether oxygens (including phenoxy) is 2. The molecule has 0 aliphatic rings. The lowest BCUT2D eigenvalue weighted by molar-refractivity contribution is -0.144. The van der Waals surface area contributed by atoms with Crippen molar-refractivity contribution in [2.24, 2.45) is 0 Å². The van der Waals surface area contributed by atoms with E-state index in [1.165, 1.54) is 25.7 Å². The van der Waals surface area contributed by atoms with Crippen molar-refractivity contribution >= 4 is 11.9 Å². The molecule has 0 fully saturated rings. The van der Waals surface area contributed by atoms with Crippen molar-refractivity contribution in [3.8, 4) is 0 Å². The molecule has 0 saturated carbocycles. The predicted molar refractivity (Wildman–Crippen MR) is 116 cm³/mol. The largest absolute Gasteiger partial charge is 0.466 e. The van der Waals surface area contributed by atoms with Gasteiger partial charge in [0.15, 0.2) is 0 Å². The number of hydrogen-bond acceptors (Lipinski definition) is 4. The standard InChI is InChI=1S/C24H44O4/c1-3-5-21-27-23(25)19-17-15-13-11-9-7-8-10-12-14-16-18-20-24(26)28-22-6-4-2/h7-8H,3-6,9-22H2,1-2H3. The zero-order valence-electron chi connectivity index (χ0n) is 18.5. The van der Waals surface area contributed by atoms with Crippen LogP contribution in [0.2, 0.25) is 0 Å². The fourth-order valence-corrected chi connectivity index (χ4v) is 2.81. The molecule has 0 rings (SSSR count). The van der Waals surface area contributed by atoms with Gasteiger partial charge in [-0.1, -0.05) is 64.5 Å². The normalized spacial score (nSPS) is 11.1. The van der Waals surface area contributed by atoms with Crippen molar-refractivity contribution in [2.45, 2.75) is 117 Å². The van der Waals surface area contributed by atoms with E-state index in [4.69, 9.17) is 9.47 Å². The number of allylic oxidation sites excluding steroid dienone is 2. The summed E-state index contributed by atoms with van der Waals surface area (Å²) in [7, 11) is 0. The van der Waals surface area contributed by atoms with Crippen LogP contribution in [-0.2, 0) is 19.1 Å². The Balaban J connectivity index is 3.26. The first-order chi connectivity index (χ1) is 13.7. The maximum atomic E-state index is 11.4. The third-order valence-corrected chi connectivity index (χ3v) is 4.69. The lowest BCUT2D eigenvalue weighted by atomic mass is 10.1. The fraction of sp³-hybridized carbons (Fsp3) is 0.833. The highest BCUT2D eigenvalue weighted by atomic mass is 16.5. The minimum atomic E-state index is -0.0401. The molecule has 4 nitrogen and oxygen atoms in total. The first-order valence-electron chi connectivity index (χ1n) is 11.7. The number of carbonyl (C=O) groups excluding carboxylic acids is 2. The number of hydrogen-bond donors (Lipinski definition) is 0. The Bertz CT molecular complexity index is 354. The number of carbonyl (C=O) groups is 2. The minimum Gasteiger partial charge on any atom is -0.466 e. The molecule has 0 aliphatic heterocycles. The average molecular weight is 397 g/mol. The van der Waals surface area contributed by atoms with Crippen LogP contribution in [0, 0.1) is 0 Å². The van der Waals surface area contributed by atoms with Gasteiger partial charge < -0.3 is 9.47 Å². The molecule has 0 saturated heterocycles. The first-order valence-corrected chi connectivity index (χ1v) is 11.7. The van der Waals surface area contributed by atoms with Crippen LogP contribution < -0.4 is 0 Å². The first kappa shape index (κ1) is 26.7. The van der Waals surface area contributed by atoms with Crippen LogP contribution in [-0.4, -0.2) is 25.2 Å². The summed E-state index contributed by atoms with van der Waals surface area (Å²) in [5.41, 5.74) is 0. The molecule has 0 unspecified atom stereocenters. The molecule has 0 aromatic rings. The fourth-order valence-electron chi connectivity index (χ4n) is 2.81. The Hall–Kier alpha value is -1.32. The van der Waals surface area contributed by atoms with E-state index in [1.54, 1.807) is 0 Å². The molecule has 0 bridgehead atoms. The molecule has 0 aliphatic carbocycles. The van der Waals surface area contributed by atoms with E-state index in [-0.39, 0.29) is 11.9 Å². The number of esters is 2. The molecule has 0 aromatic carbocycles. The van der Waals surface area contributed by atoms with Crippen molar-refractivity contribution in [1.82, 2.24) is 0 Å². The summed E-state index contributed by atoms with van der Waals surface area (Å²) in [6.07, 6.45) is 20.9. The molecule has 0 aromatic heterocycles. The van der Waals surface area contributed by atoms with Gasteiger partial charge in [-0.05, 0) is 51.4 Å². The highest BCUT2D eigenvalue weighted by Crippen LogP contribution is 2.09. The van der Waals surface area contributed by atoms with Crippen LogP contribution >= 0.6 is 0 Å². The van der Waals surface area contributed by atoms with Crippen LogP contribution in [0.1, 0.15) is 117 Å². The van der Waals surface area contributed by atoms with Crippen molar-refractivity contribution in [2.75, 3.05) is 13.2 Å². The van der Waals surface area contributed by atoms with Crippen LogP contribution in [0.3, 0.4) is 0 Å². The third kappa shape index (κ3) is 21.0.